The first-order valence-corrected chi connectivity index (χ1v) is 45.0. The van der Waals surface area contributed by atoms with Gasteiger partial charge < -0.3 is 245 Å². The second-order valence-electron chi connectivity index (χ2n) is 34.1. The number of rotatable bonds is 71. The molecule has 3 atom stereocenters. The molecule has 0 bridgehead atoms. The zero-order chi connectivity index (χ0) is 107. The molecule has 0 amide bonds. The number of hydrogen-bond acceptors (Lipinski definition) is 48. The standard InChI is InChI=1S/C9H20O4.4C8H18O4.4C7H16O4.2C6H14O4.C5H12O4/c10-5-1-9(2-6-11,3-7-12)4-8-13;1-7(3-9,4-10)8(2,5-11)6-12;9-4-1-8(7-12,2-5-10)3-6-11;9-3-1-7(5-11)8(6-12)2-4-10;9-3-1-7(2-4-10)8(5-11)6-12;1-7(4-10,5-11)6(2-8)3-9;8-3-1-7(5-10,6-11)2-4-9;8-2-1-6(3-9)7(4-10)5-11;8-3-1-2-7(4-9,5-10)6-11;7-1-5(2-8)6(3-9)4-10;7-2-1-6(3-8,4-9)5-10;6-1-5(2-7,3-8)4-9/h10-13H,1-8H2;9-12H,3-6H2,1-2H3;9-12H,1-7H2;2*7-12H,1-6H2;6,8-11H,2-5H2,1H3;8-11H,1-6H2;6-11H,1-5H2;8-11H,1-6H2;5-10H,1-4H2;7-10H,1-5H2;6-9H,1-4H2. The third kappa shape index (κ3) is 73.2. The molecule has 0 aromatic heterocycles. The quantitative estimate of drug-likeness (QED) is 0.0269. The van der Waals surface area contributed by atoms with Gasteiger partial charge in [0.15, 0.2) is 0 Å². The molecule has 134 heavy (non-hydrogen) atoms. The molecule has 3 unspecified atom stereocenters. The minimum Gasteiger partial charge on any atom is -0.396 e. The molecular weight excluding hydrogens is 1800 g/mol. The second-order valence-corrected chi connectivity index (χ2v) is 34.1. The first kappa shape index (κ1) is 157. The Balaban J connectivity index is -0.000000121. The van der Waals surface area contributed by atoms with Crippen LogP contribution in [0.5, 0.6) is 0 Å². The van der Waals surface area contributed by atoms with Crippen LogP contribution in [0.25, 0.3) is 0 Å². The lowest BCUT2D eigenvalue weighted by molar-refractivity contribution is -0.0913. The molecular formula is C86H196O48. The minimum absolute atomic E-state index is 0.00710. The maximum absolute atomic E-state index is 9.04. The van der Waals surface area contributed by atoms with Gasteiger partial charge in [-0.2, -0.15) is 0 Å². The predicted octanol–water partition coefficient (Wildman–Crippen LogP) is -15.4. The summed E-state index contributed by atoms with van der Waals surface area (Å²) >= 11 is 0. The van der Waals surface area contributed by atoms with Crippen LogP contribution in [0.15, 0.2) is 0 Å². The zero-order valence-corrected chi connectivity index (χ0v) is 80.1. The lowest BCUT2D eigenvalue weighted by Crippen LogP contribution is -2.48. The van der Waals surface area contributed by atoms with Gasteiger partial charge in [-0.1, -0.05) is 20.8 Å². The summed E-state index contributed by atoms with van der Waals surface area (Å²) in [6.45, 7) is -2.66. The molecule has 828 valence electrons. The van der Waals surface area contributed by atoms with Crippen LogP contribution in [-0.4, -0.2) is 562 Å². The van der Waals surface area contributed by atoms with Crippen molar-refractivity contribution in [3.8, 4) is 0 Å². The van der Waals surface area contributed by atoms with E-state index in [9.17, 15) is 0 Å². The van der Waals surface area contributed by atoms with Crippen molar-refractivity contribution in [2.45, 2.75) is 130 Å². The highest BCUT2D eigenvalue weighted by atomic mass is 16.4. The fourth-order valence-electron chi connectivity index (χ4n) is 11.7. The third-order valence-corrected chi connectivity index (χ3v) is 24.4. The highest BCUT2D eigenvalue weighted by Gasteiger charge is 2.43. The zero-order valence-electron chi connectivity index (χ0n) is 80.1. The van der Waals surface area contributed by atoms with Gasteiger partial charge in [0.25, 0.3) is 0 Å². The summed E-state index contributed by atoms with van der Waals surface area (Å²) < 4.78 is 0. The summed E-state index contributed by atoms with van der Waals surface area (Å²) in [5.41, 5.74) is -6.83. The fourth-order valence-corrected chi connectivity index (χ4v) is 11.7. The molecule has 0 radical (unpaired) electrons. The van der Waals surface area contributed by atoms with Crippen LogP contribution in [0.4, 0.5) is 0 Å². The van der Waals surface area contributed by atoms with Crippen molar-refractivity contribution < 1.29 is 245 Å². The number of aliphatic hydroxyl groups is 48. The van der Waals surface area contributed by atoms with E-state index in [0.717, 1.165) is 0 Å². The van der Waals surface area contributed by atoms with E-state index < -0.39 is 87.5 Å². The van der Waals surface area contributed by atoms with Crippen LogP contribution in [-0.2, 0) is 0 Å². The Bertz CT molecular complexity index is 2020. The largest absolute Gasteiger partial charge is 0.396 e. The molecule has 0 saturated carbocycles. The Morgan fingerprint density at radius 2 is 0.306 bits per heavy atom. The Hall–Kier alpha value is -1.92. The predicted molar refractivity (Wildman–Crippen MR) is 489 cm³/mol. The summed E-state index contributed by atoms with van der Waals surface area (Å²) in [5, 5.41) is 419. The smallest absolute Gasteiger partial charge is 0.0627 e. The summed E-state index contributed by atoms with van der Waals surface area (Å²) in [4.78, 5) is 0. The van der Waals surface area contributed by atoms with Crippen LogP contribution in [0.3, 0.4) is 0 Å². The van der Waals surface area contributed by atoms with Crippen molar-refractivity contribution in [1.82, 2.24) is 0 Å². The summed E-state index contributed by atoms with van der Waals surface area (Å²) in [7, 11) is 0. The molecule has 0 aliphatic rings. The second kappa shape index (κ2) is 107. The molecule has 0 aliphatic heterocycles. The lowest BCUT2D eigenvalue weighted by Gasteiger charge is -2.41. The Morgan fingerprint density at radius 3 is 0.455 bits per heavy atom. The van der Waals surface area contributed by atoms with E-state index in [4.69, 9.17) is 245 Å². The van der Waals surface area contributed by atoms with Crippen molar-refractivity contribution >= 4 is 0 Å². The molecule has 48 nitrogen and oxygen atoms in total. The summed E-state index contributed by atoms with van der Waals surface area (Å²) in [6.07, 6.45) is 7.54. The van der Waals surface area contributed by atoms with Gasteiger partial charge in [-0.25, -0.2) is 0 Å². The van der Waals surface area contributed by atoms with Gasteiger partial charge in [0.2, 0.25) is 0 Å². The Kier molecular flexibility index (Phi) is 125. The van der Waals surface area contributed by atoms with Gasteiger partial charge in [0.1, 0.15) is 0 Å². The Morgan fingerprint density at radius 1 is 0.134 bits per heavy atom. The molecule has 48 N–H and O–H groups in total. The van der Waals surface area contributed by atoms with Gasteiger partial charge in [-0.3, -0.25) is 0 Å². The third-order valence-electron chi connectivity index (χ3n) is 24.4. The van der Waals surface area contributed by atoms with Crippen molar-refractivity contribution in [3.63, 3.8) is 0 Å². The van der Waals surface area contributed by atoms with E-state index in [0.29, 0.717) is 103 Å². The van der Waals surface area contributed by atoms with Gasteiger partial charge in [0.05, 0.1) is 124 Å². The number of aliphatic hydroxyl groups excluding tert-OH is 48. The average Bonchev–Trinajstić information content (AvgIpc) is 0.806. The molecule has 0 fully saturated rings. The van der Waals surface area contributed by atoms with Gasteiger partial charge in [-0.05, 0) is 144 Å². The molecule has 0 aromatic rings. The molecule has 0 rings (SSSR count). The molecule has 0 spiro atoms. The van der Waals surface area contributed by atoms with Crippen molar-refractivity contribution in [2.24, 2.45) is 102 Å². The van der Waals surface area contributed by atoms with Gasteiger partial charge >= 0.3 is 0 Å². The van der Waals surface area contributed by atoms with E-state index in [2.05, 4.69) is 0 Å². The van der Waals surface area contributed by atoms with Crippen molar-refractivity contribution in [3.05, 3.63) is 0 Å². The molecule has 0 aliphatic carbocycles. The van der Waals surface area contributed by atoms with E-state index >= 15 is 0 Å². The van der Waals surface area contributed by atoms with Gasteiger partial charge in [-0.15, -0.1) is 0 Å². The minimum atomic E-state index is -1.11. The first-order valence-electron chi connectivity index (χ1n) is 45.0. The summed E-state index contributed by atoms with van der Waals surface area (Å²) in [6, 6.07) is 0. The fraction of sp³-hybridized carbons (Fsp3) is 1.00. The average molecular weight is 2000 g/mol. The normalized spacial score (nSPS) is 12.6. The van der Waals surface area contributed by atoms with Crippen LogP contribution in [0.2, 0.25) is 0 Å². The maximum atomic E-state index is 9.04. The molecule has 48 heteroatoms. The van der Waals surface area contributed by atoms with Crippen LogP contribution in [0, 0.1) is 102 Å². The van der Waals surface area contributed by atoms with Gasteiger partial charge in [0, 0.05) is 260 Å². The Labute approximate surface area is 791 Å². The molecule has 0 aromatic carbocycles. The van der Waals surface area contributed by atoms with E-state index in [1.54, 1.807) is 20.8 Å². The summed E-state index contributed by atoms with van der Waals surface area (Å²) in [5.74, 6) is -2.21. The maximum Gasteiger partial charge on any atom is 0.0627 e. The molecule has 0 heterocycles. The SMILES string of the molecule is CC(CO)(CO)C(C)(CO)CO.CC(CO)(CO)C(CO)CO.OCC(CO)(CO)CO.OCC(CO)C(CO)CO.OCCC(CCO)(CCO)CCO.OCCC(CCO)C(CO)CO.OCCC(CO)(CCO)CCO.OCCC(CO)(CO)CCO.OCCC(CO)(CO)CO.OCCC(CO)C(CO)CCO.OCCC(CO)C(CO)CO.OCCCC(CO)(CO)CO. The monoisotopic (exact) mass is 2000 g/mol. The highest BCUT2D eigenvalue weighted by molar-refractivity contribution is 4.91. The van der Waals surface area contributed by atoms with Crippen molar-refractivity contribution in [2.75, 3.05) is 317 Å². The topological polar surface area (TPSA) is 971 Å². The highest BCUT2D eigenvalue weighted by Crippen LogP contribution is 2.38. The van der Waals surface area contributed by atoms with E-state index in [1.165, 1.54) is 0 Å². The van der Waals surface area contributed by atoms with E-state index in [-0.39, 0.29) is 338 Å². The first-order chi connectivity index (χ1) is 63.8. The lowest BCUT2D eigenvalue weighted by atomic mass is 9.67. The molecule has 0 saturated heterocycles. The van der Waals surface area contributed by atoms with Crippen LogP contribution in [0.1, 0.15) is 130 Å². The van der Waals surface area contributed by atoms with Crippen molar-refractivity contribution in [1.29, 1.82) is 0 Å². The van der Waals surface area contributed by atoms with Crippen LogP contribution < -0.4 is 0 Å². The van der Waals surface area contributed by atoms with Crippen LogP contribution >= 0.6 is 0 Å². The number of hydrogen-bond donors (Lipinski definition) is 48. The van der Waals surface area contributed by atoms with E-state index in [1.807, 2.05) is 0 Å².